The van der Waals surface area contributed by atoms with Gasteiger partial charge in [0.05, 0.1) is 19.6 Å². The van der Waals surface area contributed by atoms with E-state index in [-0.39, 0.29) is 12.2 Å². The number of carbonyl (C=O) groups excluding carboxylic acids is 2. The van der Waals surface area contributed by atoms with Gasteiger partial charge in [-0.3, -0.25) is 4.79 Å². The van der Waals surface area contributed by atoms with Crippen molar-refractivity contribution < 1.29 is 27.9 Å². The van der Waals surface area contributed by atoms with Crippen LogP contribution in [0.25, 0.3) is 22.1 Å². The molecule has 0 bridgehead atoms. The summed E-state index contributed by atoms with van der Waals surface area (Å²) in [5.41, 5.74) is 4.27. The van der Waals surface area contributed by atoms with Crippen LogP contribution < -0.4 is 10.1 Å². The second kappa shape index (κ2) is 11.3. The van der Waals surface area contributed by atoms with Crippen LogP contribution in [0, 0.1) is 0 Å². The molecule has 38 heavy (non-hydrogen) atoms. The first-order valence-electron chi connectivity index (χ1n) is 11.9. The number of methoxy groups -OCH3 is 1. The van der Waals surface area contributed by atoms with E-state index in [0.717, 1.165) is 27.6 Å². The smallest absolute Gasteiger partial charge is 0.328 e. The van der Waals surface area contributed by atoms with Gasteiger partial charge in [0.25, 0.3) is 5.91 Å². The Bertz CT molecular complexity index is 1540. The maximum atomic E-state index is 13.0. The van der Waals surface area contributed by atoms with Crippen LogP contribution >= 0.6 is 11.6 Å². The Kier molecular flexibility index (Phi) is 7.47. The van der Waals surface area contributed by atoms with Gasteiger partial charge in [-0.1, -0.05) is 41.9 Å². The Morgan fingerprint density at radius 3 is 2.39 bits per heavy atom. The Balaban J connectivity index is 1.27. The number of hydrogen-bond acceptors (Lipinski definition) is 6. The maximum absolute atomic E-state index is 13.0. The quantitative estimate of drug-likeness (QED) is 0.221. The Morgan fingerprint density at radius 1 is 0.921 bits per heavy atom. The molecule has 0 saturated carbocycles. The fourth-order valence-electron chi connectivity index (χ4n) is 4.04. The number of furan rings is 2. The lowest BCUT2D eigenvalue weighted by Crippen LogP contribution is -2.42. The molecule has 5 rings (SSSR count). The molecule has 0 saturated heterocycles. The van der Waals surface area contributed by atoms with Gasteiger partial charge in [-0.15, -0.1) is 0 Å². The molecule has 192 valence electrons. The van der Waals surface area contributed by atoms with Crippen LogP contribution in [-0.4, -0.2) is 25.0 Å². The molecule has 2 aromatic heterocycles. The van der Waals surface area contributed by atoms with Crippen LogP contribution in [0.2, 0.25) is 5.02 Å². The molecule has 1 amide bonds. The largest absolute Gasteiger partial charge is 0.489 e. The summed E-state index contributed by atoms with van der Waals surface area (Å²) >= 11 is 5.99. The van der Waals surface area contributed by atoms with Crippen molar-refractivity contribution in [2.75, 3.05) is 7.11 Å². The third-order valence-corrected chi connectivity index (χ3v) is 6.31. The Labute approximate surface area is 223 Å². The van der Waals surface area contributed by atoms with Crippen molar-refractivity contribution in [1.29, 1.82) is 0 Å². The standard InChI is InChI=1S/C30H24ClNO6/c1-35-30(34)26(14-19-2-9-25(10-3-19)37-18-20-12-13-36-17-20)32-29(33)28-16-23-15-22(6-11-27(23)38-28)21-4-7-24(31)8-5-21/h2-13,15-17,26H,14,18H2,1H3,(H,32,33)/t26-/m0/s1. The predicted octanol–water partition coefficient (Wildman–Crippen LogP) is 6.44. The van der Waals surface area contributed by atoms with Crippen molar-refractivity contribution in [3.63, 3.8) is 0 Å². The second-order valence-corrected chi connectivity index (χ2v) is 9.12. The summed E-state index contributed by atoms with van der Waals surface area (Å²) in [7, 11) is 1.29. The summed E-state index contributed by atoms with van der Waals surface area (Å²) in [5, 5.41) is 4.17. The molecular formula is C30H24ClNO6. The first kappa shape index (κ1) is 25.2. The molecular weight excluding hydrogens is 506 g/mol. The van der Waals surface area contributed by atoms with Crippen molar-refractivity contribution in [3.8, 4) is 16.9 Å². The number of nitrogens with one attached hydrogen (secondary N) is 1. The third kappa shape index (κ3) is 5.90. The lowest BCUT2D eigenvalue weighted by atomic mass is 10.0. The number of carbonyl (C=O) groups is 2. The normalized spacial score (nSPS) is 11.7. The molecule has 0 unspecified atom stereocenters. The molecule has 0 aliphatic rings. The van der Waals surface area contributed by atoms with E-state index >= 15 is 0 Å². The molecule has 0 spiro atoms. The predicted molar refractivity (Wildman–Crippen MR) is 143 cm³/mol. The van der Waals surface area contributed by atoms with Gasteiger partial charge >= 0.3 is 5.97 Å². The zero-order valence-corrected chi connectivity index (χ0v) is 21.2. The van der Waals surface area contributed by atoms with E-state index < -0.39 is 17.9 Å². The average molecular weight is 530 g/mol. The van der Waals surface area contributed by atoms with Crippen LogP contribution in [0.1, 0.15) is 21.7 Å². The summed E-state index contributed by atoms with van der Waals surface area (Å²) in [4.78, 5) is 25.5. The van der Waals surface area contributed by atoms with Crippen molar-refractivity contribution in [2.45, 2.75) is 19.1 Å². The van der Waals surface area contributed by atoms with Gasteiger partial charge in [0.1, 0.15) is 24.0 Å². The second-order valence-electron chi connectivity index (χ2n) is 8.69. The van der Waals surface area contributed by atoms with Crippen LogP contribution in [0.4, 0.5) is 0 Å². The molecule has 5 aromatic rings. The van der Waals surface area contributed by atoms with E-state index in [4.69, 9.17) is 29.9 Å². The molecule has 7 nitrogen and oxygen atoms in total. The Hall–Kier alpha value is -4.49. The van der Waals surface area contributed by atoms with Gasteiger partial charge in [0.15, 0.2) is 5.76 Å². The summed E-state index contributed by atoms with van der Waals surface area (Å²) in [6, 6.07) is 23.0. The summed E-state index contributed by atoms with van der Waals surface area (Å²) in [6.45, 7) is 0.384. The SMILES string of the molecule is COC(=O)[C@H](Cc1ccc(OCc2ccoc2)cc1)NC(=O)c1cc2cc(-c3ccc(Cl)cc3)ccc2o1. The van der Waals surface area contributed by atoms with Gasteiger partial charge in [-0.25, -0.2) is 4.79 Å². The van der Waals surface area contributed by atoms with Crippen LogP contribution in [0.5, 0.6) is 5.75 Å². The molecule has 0 aliphatic heterocycles. The zero-order valence-electron chi connectivity index (χ0n) is 20.5. The van der Waals surface area contributed by atoms with Crippen LogP contribution in [0.15, 0.2) is 100 Å². The van der Waals surface area contributed by atoms with Crippen molar-refractivity contribution in [3.05, 3.63) is 113 Å². The lowest BCUT2D eigenvalue weighted by molar-refractivity contribution is -0.142. The van der Waals surface area contributed by atoms with Crippen LogP contribution in [-0.2, 0) is 22.6 Å². The van der Waals surface area contributed by atoms with E-state index in [1.165, 1.54) is 7.11 Å². The van der Waals surface area contributed by atoms with E-state index in [1.807, 2.05) is 72.8 Å². The minimum atomic E-state index is -0.900. The fourth-order valence-corrected chi connectivity index (χ4v) is 4.17. The topological polar surface area (TPSA) is 90.9 Å². The Morgan fingerprint density at radius 2 is 1.68 bits per heavy atom. The molecule has 1 N–H and O–H groups in total. The molecule has 0 aliphatic carbocycles. The average Bonchev–Trinajstić information content (AvgIpc) is 3.62. The first-order valence-corrected chi connectivity index (χ1v) is 12.3. The van der Waals surface area contributed by atoms with E-state index in [2.05, 4.69) is 5.32 Å². The number of ether oxygens (including phenoxy) is 2. The highest BCUT2D eigenvalue weighted by Gasteiger charge is 2.24. The van der Waals surface area contributed by atoms with Gasteiger partial charge in [-0.2, -0.15) is 0 Å². The highest BCUT2D eigenvalue weighted by molar-refractivity contribution is 6.30. The first-order chi connectivity index (χ1) is 18.5. The molecule has 2 heterocycles. The van der Waals surface area contributed by atoms with Crippen molar-refractivity contribution >= 4 is 34.4 Å². The van der Waals surface area contributed by atoms with E-state index in [0.29, 0.717) is 23.0 Å². The fraction of sp³-hybridized carbons (Fsp3) is 0.133. The van der Waals surface area contributed by atoms with Crippen LogP contribution in [0.3, 0.4) is 0 Å². The maximum Gasteiger partial charge on any atom is 0.328 e. The number of fused-ring (bicyclic) bond motifs is 1. The minimum absolute atomic E-state index is 0.102. The van der Waals surface area contributed by atoms with E-state index in [9.17, 15) is 9.59 Å². The van der Waals surface area contributed by atoms with Gasteiger partial charge in [0, 0.05) is 22.4 Å². The minimum Gasteiger partial charge on any atom is -0.489 e. The highest BCUT2D eigenvalue weighted by atomic mass is 35.5. The number of rotatable bonds is 9. The summed E-state index contributed by atoms with van der Waals surface area (Å²) in [5.74, 6) is -0.288. The lowest BCUT2D eigenvalue weighted by Gasteiger charge is -2.16. The van der Waals surface area contributed by atoms with Gasteiger partial charge in [-0.05, 0) is 65.2 Å². The number of esters is 1. The molecule has 0 fully saturated rings. The number of hydrogen-bond donors (Lipinski definition) is 1. The zero-order chi connectivity index (χ0) is 26.5. The summed E-state index contributed by atoms with van der Waals surface area (Å²) < 4.78 is 21.5. The monoisotopic (exact) mass is 529 g/mol. The molecule has 0 radical (unpaired) electrons. The van der Waals surface area contributed by atoms with Crippen molar-refractivity contribution in [1.82, 2.24) is 5.32 Å². The number of halogens is 1. The molecule has 3 aromatic carbocycles. The number of benzene rings is 3. The van der Waals surface area contributed by atoms with Gasteiger partial charge < -0.3 is 23.6 Å². The van der Waals surface area contributed by atoms with E-state index in [1.54, 1.807) is 18.6 Å². The highest BCUT2D eigenvalue weighted by Crippen LogP contribution is 2.28. The molecule has 1 atom stereocenters. The summed E-state index contributed by atoms with van der Waals surface area (Å²) in [6.07, 6.45) is 3.45. The van der Waals surface area contributed by atoms with Gasteiger partial charge in [0.2, 0.25) is 0 Å². The number of amides is 1. The van der Waals surface area contributed by atoms with Crippen molar-refractivity contribution in [2.24, 2.45) is 0 Å². The molecule has 8 heteroatoms. The third-order valence-electron chi connectivity index (χ3n) is 6.06.